The minimum Gasteiger partial charge on any atom is -0.478 e. The lowest BCUT2D eigenvalue weighted by molar-refractivity contribution is 0.0696. The fourth-order valence-corrected chi connectivity index (χ4v) is 2.85. The number of carboxylic acid groups (broad SMARTS) is 1. The first kappa shape index (κ1) is 14.0. The van der Waals surface area contributed by atoms with Crippen molar-refractivity contribution in [2.45, 2.75) is 38.5 Å². The van der Waals surface area contributed by atoms with Crippen molar-refractivity contribution in [3.05, 3.63) is 34.5 Å². The van der Waals surface area contributed by atoms with Gasteiger partial charge in [-0.05, 0) is 30.9 Å². The Kier molecular flexibility index (Phi) is 3.63. The Morgan fingerprint density at radius 2 is 2.14 bits per heavy atom. The van der Waals surface area contributed by atoms with Gasteiger partial charge in [0.15, 0.2) is 5.13 Å². The SMILES string of the molecule is CC(C)c1cc(C(=O)O)cc(Nc2nc(C3CC3)cs2)n1. The molecule has 2 aromatic rings. The van der Waals surface area contributed by atoms with Crippen LogP contribution in [0.5, 0.6) is 0 Å². The van der Waals surface area contributed by atoms with E-state index in [0.29, 0.717) is 11.7 Å². The van der Waals surface area contributed by atoms with Gasteiger partial charge in [-0.25, -0.2) is 14.8 Å². The number of carbonyl (C=O) groups is 1. The first-order valence-electron chi connectivity index (χ1n) is 7.00. The summed E-state index contributed by atoms with van der Waals surface area (Å²) < 4.78 is 0. The number of anilines is 2. The van der Waals surface area contributed by atoms with Crippen LogP contribution in [0.4, 0.5) is 10.9 Å². The summed E-state index contributed by atoms with van der Waals surface area (Å²) in [5.74, 6) is 0.375. The van der Waals surface area contributed by atoms with Gasteiger partial charge in [-0.15, -0.1) is 11.3 Å². The zero-order valence-corrected chi connectivity index (χ0v) is 12.8. The van der Waals surface area contributed by atoms with Gasteiger partial charge < -0.3 is 10.4 Å². The molecule has 2 heterocycles. The predicted octanol–water partition coefficient (Wildman–Crippen LogP) is 3.98. The van der Waals surface area contributed by atoms with Crippen LogP contribution in [0.25, 0.3) is 0 Å². The Labute approximate surface area is 127 Å². The molecule has 1 fully saturated rings. The van der Waals surface area contributed by atoms with E-state index in [-0.39, 0.29) is 11.5 Å². The minimum absolute atomic E-state index is 0.170. The molecule has 3 rings (SSSR count). The molecule has 6 heteroatoms. The van der Waals surface area contributed by atoms with Crippen LogP contribution < -0.4 is 5.32 Å². The Balaban J connectivity index is 1.87. The molecule has 110 valence electrons. The van der Waals surface area contributed by atoms with Gasteiger partial charge in [0, 0.05) is 17.0 Å². The van der Waals surface area contributed by atoms with E-state index in [2.05, 4.69) is 20.7 Å². The molecule has 0 aliphatic heterocycles. The lowest BCUT2D eigenvalue weighted by atomic mass is 10.1. The van der Waals surface area contributed by atoms with Crippen LogP contribution in [0, 0.1) is 0 Å². The number of nitrogens with one attached hydrogen (secondary N) is 1. The van der Waals surface area contributed by atoms with Gasteiger partial charge in [0.05, 0.1) is 11.3 Å². The molecule has 0 atom stereocenters. The molecule has 0 amide bonds. The van der Waals surface area contributed by atoms with E-state index in [0.717, 1.165) is 16.5 Å². The van der Waals surface area contributed by atoms with E-state index in [9.17, 15) is 9.90 Å². The zero-order chi connectivity index (χ0) is 15.0. The van der Waals surface area contributed by atoms with Crippen LogP contribution in [-0.4, -0.2) is 21.0 Å². The average molecular weight is 303 g/mol. The number of nitrogens with zero attached hydrogens (tertiary/aromatic N) is 2. The van der Waals surface area contributed by atoms with E-state index in [4.69, 9.17) is 0 Å². The molecule has 0 saturated heterocycles. The molecule has 2 N–H and O–H groups in total. The first-order chi connectivity index (χ1) is 10.0. The number of hydrogen-bond acceptors (Lipinski definition) is 5. The number of hydrogen-bond donors (Lipinski definition) is 2. The molecule has 1 saturated carbocycles. The first-order valence-corrected chi connectivity index (χ1v) is 7.88. The normalized spacial score (nSPS) is 14.4. The highest BCUT2D eigenvalue weighted by atomic mass is 32.1. The molecule has 2 aromatic heterocycles. The number of carboxylic acids is 1. The molecule has 0 unspecified atom stereocenters. The zero-order valence-electron chi connectivity index (χ0n) is 12.0. The Morgan fingerprint density at radius 3 is 2.76 bits per heavy atom. The molecule has 21 heavy (non-hydrogen) atoms. The summed E-state index contributed by atoms with van der Waals surface area (Å²) in [7, 11) is 0. The fourth-order valence-electron chi connectivity index (χ4n) is 2.05. The monoisotopic (exact) mass is 303 g/mol. The lowest BCUT2D eigenvalue weighted by Crippen LogP contribution is -2.04. The topological polar surface area (TPSA) is 75.1 Å². The highest BCUT2D eigenvalue weighted by Gasteiger charge is 2.26. The van der Waals surface area contributed by atoms with Gasteiger partial charge in [0.25, 0.3) is 0 Å². The Hall–Kier alpha value is -1.95. The van der Waals surface area contributed by atoms with E-state index < -0.39 is 5.97 Å². The summed E-state index contributed by atoms with van der Waals surface area (Å²) in [6, 6.07) is 3.17. The largest absolute Gasteiger partial charge is 0.478 e. The van der Waals surface area contributed by atoms with E-state index >= 15 is 0 Å². The van der Waals surface area contributed by atoms with Gasteiger partial charge in [-0.2, -0.15) is 0 Å². The number of thiazole rings is 1. The van der Waals surface area contributed by atoms with Crippen LogP contribution in [0.2, 0.25) is 0 Å². The van der Waals surface area contributed by atoms with Crippen LogP contribution >= 0.6 is 11.3 Å². The third-order valence-electron chi connectivity index (χ3n) is 3.44. The maximum absolute atomic E-state index is 11.2. The summed E-state index contributed by atoms with van der Waals surface area (Å²) in [5, 5.41) is 15.2. The van der Waals surface area contributed by atoms with Crippen molar-refractivity contribution in [2.75, 3.05) is 5.32 Å². The summed E-state index contributed by atoms with van der Waals surface area (Å²) in [5.41, 5.74) is 2.13. The van der Waals surface area contributed by atoms with E-state index in [1.165, 1.54) is 24.2 Å². The number of pyridine rings is 1. The van der Waals surface area contributed by atoms with Gasteiger partial charge in [-0.1, -0.05) is 13.8 Å². The third-order valence-corrected chi connectivity index (χ3v) is 4.21. The summed E-state index contributed by atoms with van der Waals surface area (Å²) in [6.45, 7) is 3.98. The molecule has 5 nitrogen and oxygen atoms in total. The molecule has 1 aliphatic rings. The summed E-state index contributed by atoms with van der Waals surface area (Å²) in [4.78, 5) is 20.2. The lowest BCUT2D eigenvalue weighted by Gasteiger charge is -2.09. The molecule has 0 aromatic carbocycles. The Bertz CT molecular complexity index is 677. The highest BCUT2D eigenvalue weighted by Crippen LogP contribution is 2.41. The maximum atomic E-state index is 11.2. The van der Waals surface area contributed by atoms with Crippen molar-refractivity contribution in [2.24, 2.45) is 0 Å². The van der Waals surface area contributed by atoms with E-state index in [1.54, 1.807) is 12.1 Å². The van der Waals surface area contributed by atoms with Gasteiger partial charge >= 0.3 is 5.97 Å². The van der Waals surface area contributed by atoms with Crippen molar-refractivity contribution in [1.82, 2.24) is 9.97 Å². The second-order valence-corrected chi connectivity index (χ2v) is 6.46. The Morgan fingerprint density at radius 1 is 1.38 bits per heavy atom. The molecular weight excluding hydrogens is 286 g/mol. The second kappa shape index (κ2) is 5.44. The molecule has 1 aliphatic carbocycles. The molecule has 0 spiro atoms. The maximum Gasteiger partial charge on any atom is 0.335 e. The predicted molar refractivity (Wildman–Crippen MR) is 82.7 cm³/mol. The van der Waals surface area contributed by atoms with Gasteiger partial charge in [-0.3, -0.25) is 0 Å². The number of rotatable bonds is 5. The van der Waals surface area contributed by atoms with Gasteiger partial charge in [0.1, 0.15) is 5.82 Å². The van der Waals surface area contributed by atoms with Crippen LogP contribution in [0.15, 0.2) is 17.5 Å². The van der Waals surface area contributed by atoms with Crippen LogP contribution in [-0.2, 0) is 0 Å². The minimum atomic E-state index is -0.944. The van der Waals surface area contributed by atoms with Crippen molar-refractivity contribution in [3.8, 4) is 0 Å². The van der Waals surface area contributed by atoms with Crippen molar-refractivity contribution in [3.63, 3.8) is 0 Å². The van der Waals surface area contributed by atoms with Crippen molar-refractivity contribution in [1.29, 1.82) is 0 Å². The second-order valence-electron chi connectivity index (χ2n) is 5.60. The summed E-state index contributed by atoms with van der Waals surface area (Å²) >= 11 is 1.53. The molecule has 0 bridgehead atoms. The van der Waals surface area contributed by atoms with Gasteiger partial charge in [0.2, 0.25) is 0 Å². The molecular formula is C15H17N3O2S. The average Bonchev–Trinajstić information content (AvgIpc) is 3.19. The fraction of sp³-hybridized carbons (Fsp3) is 0.400. The third kappa shape index (κ3) is 3.21. The van der Waals surface area contributed by atoms with E-state index in [1.807, 2.05) is 13.8 Å². The van der Waals surface area contributed by atoms with Crippen molar-refractivity contribution < 1.29 is 9.90 Å². The number of aromatic nitrogens is 2. The molecule has 0 radical (unpaired) electrons. The van der Waals surface area contributed by atoms with Crippen LogP contribution in [0.3, 0.4) is 0 Å². The summed E-state index contributed by atoms with van der Waals surface area (Å²) in [6.07, 6.45) is 2.43. The smallest absolute Gasteiger partial charge is 0.335 e. The highest BCUT2D eigenvalue weighted by molar-refractivity contribution is 7.13. The van der Waals surface area contributed by atoms with Crippen molar-refractivity contribution >= 4 is 28.3 Å². The van der Waals surface area contributed by atoms with Crippen LogP contribution in [0.1, 0.15) is 60.3 Å². The number of aromatic carboxylic acids is 1. The quantitative estimate of drug-likeness (QED) is 0.873. The standard InChI is InChI=1S/C15H17N3O2S/c1-8(2)11-5-10(14(19)20)6-13(16-11)18-15-17-12(7-21-15)9-3-4-9/h5-9H,3-4H2,1-2H3,(H,19,20)(H,16,17,18).